The molecule has 4 atom stereocenters. The fraction of sp³-hybridized carbons (Fsp3) is 1.00. The van der Waals surface area contributed by atoms with Gasteiger partial charge in [0.25, 0.3) is 0 Å². The maximum atomic E-state index is 5.72. The number of hydrogen-bond donors (Lipinski definition) is 0. The van der Waals surface area contributed by atoms with Gasteiger partial charge < -0.3 is 0 Å². The predicted molar refractivity (Wildman–Crippen MR) is 99.3 cm³/mol. The van der Waals surface area contributed by atoms with E-state index in [1.165, 1.54) is 70.6 Å². The Bertz CT molecular complexity index is 292. The number of hydrogen-bond acceptors (Lipinski definition) is 0. The highest BCUT2D eigenvalue weighted by Crippen LogP contribution is 2.41. The molecule has 0 nitrogen and oxygen atoms in total. The highest BCUT2D eigenvalue weighted by Gasteiger charge is 2.29. The van der Waals surface area contributed by atoms with Gasteiger partial charge in [-0.1, -0.05) is 72.0 Å². The van der Waals surface area contributed by atoms with Crippen molar-refractivity contribution in [3.63, 3.8) is 0 Å². The molecule has 2 rings (SSSR count). The normalized spacial score (nSPS) is 37.9. The van der Waals surface area contributed by atoms with Crippen molar-refractivity contribution < 1.29 is 0 Å². The van der Waals surface area contributed by atoms with E-state index < -0.39 is 0 Å². The van der Waals surface area contributed by atoms with Crippen LogP contribution in [0.15, 0.2) is 0 Å². The molecule has 0 aromatic carbocycles. The van der Waals surface area contributed by atoms with Crippen LogP contribution in [0, 0.1) is 35.5 Å². The summed E-state index contributed by atoms with van der Waals surface area (Å²) in [4.78, 5) is 0. The fourth-order valence-corrected chi connectivity index (χ4v) is 5.40. The first-order chi connectivity index (χ1) is 10.6. The minimum absolute atomic E-state index is 0.894. The minimum Gasteiger partial charge on any atom is -0.0884 e. The minimum atomic E-state index is 0.894. The lowest BCUT2D eigenvalue weighted by Crippen LogP contribution is -2.25. The standard InChI is InChI=1S/C21H39B/c1-4-18(15-21-10-5-16(2)13-17(21)3)14-20-8-6-19(7-9-20)11-12-22/h16-21H,4-15H2,1-3H3/t16?,17?,18-,19?,20?,21+/m1/s1. The van der Waals surface area contributed by atoms with Crippen LogP contribution in [0.4, 0.5) is 0 Å². The molecule has 0 aromatic heterocycles. The van der Waals surface area contributed by atoms with E-state index >= 15 is 0 Å². The van der Waals surface area contributed by atoms with Gasteiger partial charge in [0.1, 0.15) is 0 Å². The van der Waals surface area contributed by atoms with Gasteiger partial charge in [0.05, 0.1) is 7.85 Å². The van der Waals surface area contributed by atoms with Crippen molar-refractivity contribution in [3.05, 3.63) is 0 Å². The van der Waals surface area contributed by atoms with E-state index in [4.69, 9.17) is 7.85 Å². The highest BCUT2D eigenvalue weighted by molar-refractivity contribution is 6.08. The van der Waals surface area contributed by atoms with Gasteiger partial charge in [0, 0.05) is 0 Å². The monoisotopic (exact) mass is 302 g/mol. The summed E-state index contributed by atoms with van der Waals surface area (Å²) in [6.07, 6.45) is 16.9. The van der Waals surface area contributed by atoms with E-state index in [2.05, 4.69) is 20.8 Å². The molecular formula is C21H39B. The lowest BCUT2D eigenvalue weighted by atomic mass is 9.69. The smallest absolute Gasteiger partial charge is 0.0653 e. The van der Waals surface area contributed by atoms with Crippen molar-refractivity contribution in [2.75, 3.05) is 0 Å². The Balaban J connectivity index is 1.73. The zero-order valence-corrected chi connectivity index (χ0v) is 15.5. The van der Waals surface area contributed by atoms with Gasteiger partial charge in [0.15, 0.2) is 0 Å². The Hall–Kier alpha value is 0.0649. The summed E-state index contributed by atoms with van der Waals surface area (Å²) in [7, 11) is 5.72. The van der Waals surface area contributed by atoms with Crippen molar-refractivity contribution in [1.82, 2.24) is 0 Å². The van der Waals surface area contributed by atoms with Crippen LogP contribution in [0.1, 0.15) is 91.4 Å². The summed E-state index contributed by atoms with van der Waals surface area (Å²) in [5, 5.41) is 0. The Morgan fingerprint density at radius 1 is 0.909 bits per heavy atom. The maximum absolute atomic E-state index is 5.72. The molecule has 0 saturated heterocycles. The molecule has 22 heavy (non-hydrogen) atoms. The summed E-state index contributed by atoms with van der Waals surface area (Å²) in [5.41, 5.74) is 0. The third-order valence-corrected chi connectivity index (χ3v) is 7.03. The van der Waals surface area contributed by atoms with Crippen LogP contribution in [0.25, 0.3) is 0 Å². The van der Waals surface area contributed by atoms with Crippen LogP contribution in [0.2, 0.25) is 6.32 Å². The molecule has 0 amide bonds. The van der Waals surface area contributed by atoms with Gasteiger partial charge in [-0.15, -0.1) is 0 Å². The fourth-order valence-electron chi connectivity index (χ4n) is 5.40. The van der Waals surface area contributed by atoms with Crippen LogP contribution in [0.3, 0.4) is 0 Å². The molecule has 0 N–H and O–H groups in total. The summed E-state index contributed by atoms with van der Waals surface area (Å²) in [6, 6.07) is 0. The van der Waals surface area contributed by atoms with E-state index in [0.29, 0.717) is 0 Å². The van der Waals surface area contributed by atoms with Crippen molar-refractivity contribution in [2.24, 2.45) is 35.5 Å². The summed E-state index contributed by atoms with van der Waals surface area (Å²) < 4.78 is 0. The van der Waals surface area contributed by atoms with Gasteiger partial charge >= 0.3 is 0 Å². The molecule has 1 heteroatoms. The molecular weight excluding hydrogens is 263 g/mol. The maximum Gasteiger partial charge on any atom is 0.0653 e. The SMILES string of the molecule is [B]CCC1CCC(C[C@@H](CC)C[C@@H]2CCC(C)CC2C)CC1. The predicted octanol–water partition coefficient (Wildman–Crippen LogP) is 6.65. The van der Waals surface area contributed by atoms with E-state index in [9.17, 15) is 0 Å². The van der Waals surface area contributed by atoms with Crippen LogP contribution in [0.5, 0.6) is 0 Å². The third-order valence-electron chi connectivity index (χ3n) is 7.03. The van der Waals surface area contributed by atoms with Crippen LogP contribution < -0.4 is 0 Å². The number of rotatable bonds is 7. The first kappa shape index (κ1) is 18.4. The van der Waals surface area contributed by atoms with Crippen LogP contribution >= 0.6 is 0 Å². The van der Waals surface area contributed by atoms with Crippen LogP contribution in [-0.2, 0) is 0 Å². The first-order valence-corrected chi connectivity index (χ1v) is 10.3. The van der Waals surface area contributed by atoms with Crippen molar-refractivity contribution in [3.8, 4) is 0 Å². The average molecular weight is 302 g/mol. The van der Waals surface area contributed by atoms with Crippen molar-refractivity contribution in [1.29, 1.82) is 0 Å². The van der Waals surface area contributed by atoms with Gasteiger partial charge in [-0.05, 0) is 61.2 Å². The summed E-state index contributed by atoms with van der Waals surface area (Å²) >= 11 is 0. The van der Waals surface area contributed by atoms with E-state index in [0.717, 1.165) is 41.8 Å². The third kappa shape index (κ3) is 5.61. The van der Waals surface area contributed by atoms with Gasteiger partial charge in [-0.25, -0.2) is 0 Å². The second-order valence-electron chi connectivity index (χ2n) is 8.87. The van der Waals surface area contributed by atoms with E-state index in [-0.39, 0.29) is 0 Å². The average Bonchev–Trinajstić information content (AvgIpc) is 2.51. The van der Waals surface area contributed by atoms with Crippen molar-refractivity contribution in [2.45, 2.75) is 97.7 Å². The molecule has 2 saturated carbocycles. The summed E-state index contributed by atoms with van der Waals surface area (Å²) in [6.45, 7) is 7.40. The van der Waals surface area contributed by atoms with E-state index in [1.807, 2.05) is 0 Å². The Labute approximate surface area is 141 Å². The highest BCUT2D eigenvalue weighted by atomic mass is 14.3. The molecule has 0 heterocycles. The largest absolute Gasteiger partial charge is 0.0884 e. The summed E-state index contributed by atoms with van der Waals surface area (Å²) in [5.74, 6) is 5.94. The second-order valence-corrected chi connectivity index (χ2v) is 8.87. The first-order valence-electron chi connectivity index (χ1n) is 10.3. The van der Waals surface area contributed by atoms with Gasteiger partial charge in [-0.3, -0.25) is 0 Å². The quantitative estimate of drug-likeness (QED) is 0.462. The topological polar surface area (TPSA) is 0 Å². The Morgan fingerprint density at radius 2 is 1.59 bits per heavy atom. The van der Waals surface area contributed by atoms with Gasteiger partial charge in [-0.2, -0.15) is 0 Å². The van der Waals surface area contributed by atoms with E-state index in [1.54, 1.807) is 0 Å². The zero-order chi connectivity index (χ0) is 15.9. The lowest BCUT2D eigenvalue weighted by Gasteiger charge is -2.36. The zero-order valence-electron chi connectivity index (χ0n) is 15.5. The second kappa shape index (κ2) is 9.38. The molecule has 0 aromatic rings. The molecule has 2 fully saturated rings. The van der Waals surface area contributed by atoms with Gasteiger partial charge in [0.2, 0.25) is 0 Å². The Morgan fingerprint density at radius 3 is 2.18 bits per heavy atom. The molecule has 2 radical (unpaired) electrons. The molecule has 0 bridgehead atoms. The Kier molecular flexibility index (Phi) is 7.85. The lowest BCUT2D eigenvalue weighted by molar-refractivity contribution is 0.151. The molecule has 0 spiro atoms. The molecule has 126 valence electrons. The molecule has 2 aliphatic rings. The van der Waals surface area contributed by atoms with Crippen LogP contribution in [-0.4, -0.2) is 7.85 Å². The molecule has 0 aliphatic heterocycles. The molecule has 2 aliphatic carbocycles. The molecule has 2 unspecified atom stereocenters. The van der Waals surface area contributed by atoms with Crippen molar-refractivity contribution >= 4 is 7.85 Å².